The second-order valence-corrected chi connectivity index (χ2v) is 4.13. The second kappa shape index (κ2) is 5.83. The predicted molar refractivity (Wildman–Crippen MR) is 58.6 cm³/mol. The van der Waals surface area contributed by atoms with Gasteiger partial charge in [-0.3, -0.25) is 0 Å². The van der Waals surface area contributed by atoms with E-state index in [4.69, 9.17) is 9.84 Å². The topological polar surface area (TPSA) is 99.1 Å². The number of rotatable bonds is 4. The van der Waals surface area contributed by atoms with Crippen LogP contribution in [-0.2, 0) is 9.53 Å². The van der Waals surface area contributed by atoms with E-state index in [2.05, 4.69) is 5.32 Å². The molecule has 3 N–H and O–H groups in total. The van der Waals surface area contributed by atoms with Crippen LogP contribution in [0.4, 0.5) is 4.79 Å². The Labute approximate surface area is 99.4 Å². The van der Waals surface area contributed by atoms with Gasteiger partial charge in [0.05, 0.1) is 12.2 Å². The third kappa shape index (κ3) is 3.57. The molecule has 0 radical (unpaired) electrons. The van der Waals surface area contributed by atoms with Gasteiger partial charge in [0.15, 0.2) is 0 Å². The molecule has 0 aliphatic carbocycles. The summed E-state index contributed by atoms with van der Waals surface area (Å²) in [5.41, 5.74) is 0. The highest BCUT2D eigenvalue weighted by atomic mass is 16.5. The number of amides is 2. The molecule has 0 aromatic rings. The van der Waals surface area contributed by atoms with Crippen molar-refractivity contribution < 1.29 is 24.5 Å². The van der Waals surface area contributed by atoms with E-state index < -0.39 is 24.1 Å². The quantitative estimate of drug-likeness (QED) is 0.606. The van der Waals surface area contributed by atoms with Gasteiger partial charge >= 0.3 is 12.0 Å². The van der Waals surface area contributed by atoms with Crippen molar-refractivity contribution in [3.63, 3.8) is 0 Å². The number of aliphatic hydroxyl groups is 1. The molecule has 0 aromatic carbocycles. The lowest BCUT2D eigenvalue weighted by atomic mass is 10.2. The molecule has 3 atom stereocenters. The number of nitrogens with zero attached hydrogens (tertiary/aromatic N) is 1. The fraction of sp³-hybridized carbons (Fsp3) is 0.800. The van der Waals surface area contributed by atoms with Gasteiger partial charge in [0, 0.05) is 26.6 Å². The minimum atomic E-state index is -1.10. The molecule has 1 aliphatic heterocycles. The average Bonchev–Trinajstić information content (AvgIpc) is 2.67. The van der Waals surface area contributed by atoms with Crippen LogP contribution in [0.15, 0.2) is 0 Å². The Hall–Kier alpha value is -1.34. The van der Waals surface area contributed by atoms with Crippen LogP contribution in [0.5, 0.6) is 0 Å². The van der Waals surface area contributed by atoms with E-state index >= 15 is 0 Å². The highest BCUT2D eigenvalue weighted by Gasteiger charge is 2.38. The van der Waals surface area contributed by atoms with Gasteiger partial charge in [0.2, 0.25) is 0 Å². The van der Waals surface area contributed by atoms with Crippen molar-refractivity contribution in [3.05, 3.63) is 0 Å². The van der Waals surface area contributed by atoms with E-state index in [-0.39, 0.29) is 19.1 Å². The van der Waals surface area contributed by atoms with Crippen molar-refractivity contribution in [2.75, 3.05) is 20.2 Å². The van der Waals surface area contributed by atoms with E-state index in [1.807, 2.05) is 0 Å². The Morgan fingerprint density at radius 3 is 2.76 bits per heavy atom. The third-order valence-electron chi connectivity index (χ3n) is 2.77. The molecule has 1 aliphatic rings. The van der Waals surface area contributed by atoms with Crippen molar-refractivity contribution in [1.29, 1.82) is 0 Å². The van der Waals surface area contributed by atoms with Gasteiger partial charge in [0.1, 0.15) is 6.04 Å². The van der Waals surface area contributed by atoms with E-state index in [0.717, 1.165) is 4.90 Å². The zero-order chi connectivity index (χ0) is 13.0. The number of likely N-dealkylation sites (tertiary alicyclic amines) is 1. The average molecular weight is 246 g/mol. The minimum Gasteiger partial charge on any atom is -0.480 e. The SMILES string of the molecule is COC(C)CNC(=O)N1CC(O)CC1C(=O)O. The Kier molecular flexibility index (Phi) is 4.71. The Morgan fingerprint density at radius 2 is 2.24 bits per heavy atom. The number of urea groups is 1. The molecular formula is C10H18N2O5. The first-order valence-corrected chi connectivity index (χ1v) is 5.43. The molecule has 17 heavy (non-hydrogen) atoms. The summed E-state index contributed by atoms with van der Waals surface area (Å²) in [6, 6.07) is -1.44. The first-order chi connectivity index (χ1) is 7.95. The second-order valence-electron chi connectivity index (χ2n) is 4.13. The summed E-state index contributed by atoms with van der Waals surface area (Å²) < 4.78 is 4.96. The number of nitrogens with one attached hydrogen (secondary N) is 1. The summed E-state index contributed by atoms with van der Waals surface area (Å²) in [5.74, 6) is -1.10. The maximum Gasteiger partial charge on any atom is 0.326 e. The lowest BCUT2D eigenvalue weighted by Gasteiger charge is -2.22. The van der Waals surface area contributed by atoms with Gasteiger partial charge in [-0.15, -0.1) is 0 Å². The van der Waals surface area contributed by atoms with Crippen molar-refractivity contribution in [3.8, 4) is 0 Å². The molecule has 0 saturated carbocycles. The molecule has 2 amide bonds. The number of hydrogen-bond acceptors (Lipinski definition) is 4. The van der Waals surface area contributed by atoms with Gasteiger partial charge in [-0.05, 0) is 6.92 Å². The molecule has 7 nitrogen and oxygen atoms in total. The van der Waals surface area contributed by atoms with Crippen LogP contribution < -0.4 is 5.32 Å². The van der Waals surface area contributed by atoms with Crippen LogP contribution in [0.2, 0.25) is 0 Å². The van der Waals surface area contributed by atoms with Gasteiger partial charge < -0.3 is 25.2 Å². The molecule has 1 rings (SSSR count). The summed E-state index contributed by atoms with van der Waals surface area (Å²) in [5, 5.41) is 20.9. The zero-order valence-corrected chi connectivity index (χ0v) is 9.92. The number of carboxylic acid groups (broad SMARTS) is 1. The maximum atomic E-state index is 11.7. The van der Waals surface area contributed by atoms with Crippen molar-refractivity contribution >= 4 is 12.0 Å². The molecular weight excluding hydrogens is 228 g/mol. The fourth-order valence-corrected chi connectivity index (χ4v) is 1.69. The molecule has 1 heterocycles. The number of carboxylic acids is 1. The molecule has 0 aromatic heterocycles. The lowest BCUT2D eigenvalue weighted by molar-refractivity contribution is -0.141. The molecule has 0 bridgehead atoms. The maximum absolute atomic E-state index is 11.7. The normalized spacial score (nSPS) is 25.7. The summed E-state index contributed by atoms with van der Waals surface area (Å²) in [7, 11) is 1.52. The molecule has 7 heteroatoms. The molecule has 0 spiro atoms. The van der Waals surface area contributed by atoms with E-state index in [0.29, 0.717) is 6.54 Å². The number of hydrogen-bond donors (Lipinski definition) is 3. The minimum absolute atomic E-state index is 0.0458. The summed E-state index contributed by atoms with van der Waals surface area (Å²) >= 11 is 0. The van der Waals surface area contributed by atoms with Crippen LogP contribution in [0.25, 0.3) is 0 Å². The summed E-state index contributed by atoms with van der Waals surface area (Å²) in [4.78, 5) is 23.7. The number of methoxy groups -OCH3 is 1. The summed E-state index contributed by atoms with van der Waals surface area (Å²) in [6.45, 7) is 2.13. The summed E-state index contributed by atoms with van der Waals surface area (Å²) in [6.07, 6.45) is -0.848. The Balaban J connectivity index is 2.52. The van der Waals surface area contributed by atoms with Crippen molar-refractivity contribution in [2.24, 2.45) is 0 Å². The first kappa shape index (κ1) is 13.7. The van der Waals surface area contributed by atoms with Crippen LogP contribution in [0, 0.1) is 0 Å². The Bertz CT molecular complexity index is 296. The highest BCUT2D eigenvalue weighted by molar-refractivity contribution is 5.83. The third-order valence-corrected chi connectivity index (χ3v) is 2.77. The molecule has 98 valence electrons. The molecule has 3 unspecified atom stereocenters. The van der Waals surface area contributed by atoms with E-state index in [1.54, 1.807) is 6.92 Å². The highest BCUT2D eigenvalue weighted by Crippen LogP contribution is 2.17. The fourth-order valence-electron chi connectivity index (χ4n) is 1.69. The van der Waals surface area contributed by atoms with Crippen LogP contribution >= 0.6 is 0 Å². The van der Waals surface area contributed by atoms with Crippen molar-refractivity contribution in [2.45, 2.75) is 31.6 Å². The molecule has 1 fully saturated rings. The Morgan fingerprint density at radius 1 is 1.59 bits per heavy atom. The predicted octanol–water partition coefficient (Wildman–Crippen LogP) is -0.749. The lowest BCUT2D eigenvalue weighted by Crippen LogP contribution is -2.47. The smallest absolute Gasteiger partial charge is 0.326 e. The van der Waals surface area contributed by atoms with Crippen LogP contribution in [0.1, 0.15) is 13.3 Å². The van der Waals surface area contributed by atoms with E-state index in [9.17, 15) is 14.7 Å². The first-order valence-electron chi connectivity index (χ1n) is 5.43. The largest absolute Gasteiger partial charge is 0.480 e. The number of β-amino-alcohol motifs (C(OH)–C–C–N with tert-alkyl or cyclic N) is 1. The van der Waals surface area contributed by atoms with E-state index in [1.165, 1.54) is 7.11 Å². The number of aliphatic hydroxyl groups excluding tert-OH is 1. The number of carbonyl (C=O) groups is 2. The van der Waals surface area contributed by atoms with Gasteiger partial charge in [-0.2, -0.15) is 0 Å². The van der Waals surface area contributed by atoms with Crippen molar-refractivity contribution in [1.82, 2.24) is 10.2 Å². The van der Waals surface area contributed by atoms with Gasteiger partial charge in [-0.25, -0.2) is 9.59 Å². The molecule has 1 saturated heterocycles. The standard InChI is InChI=1S/C10H18N2O5/c1-6(17-2)4-11-10(16)12-5-7(13)3-8(12)9(14)15/h6-8,13H,3-5H2,1-2H3,(H,11,16)(H,14,15). The number of aliphatic carboxylic acids is 1. The van der Waals surface area contributed by atoms with Crippen LogP contribution in [0.3, 0.4) is 0 Å². The number of ether oxygens (including phenoxy) is 1. The van der Waals surface area contributed by atoms with Gasteiger partial charge in [0.25, 0.3) is 0 Å². The zero-order valence-electron chi connectivity index (χ0n) is 9.92. The van der Waals surface area contributed by atoms with Crippen LogP contribution in [-0.4, -0.2) is 65.6 Å². The monoisotopic (exact) mass is 246 g/mol. The van der Waals surface area contributed by atoms with Gasteiger partial charge in [-0.1, -0.05) is 0 Å². The number of carbonyl (C=O) groups excluding carboxylic acids is 1.